The van der Waals surface area contributed by atoms with Crippen molar-refractivity contribution in [1.82, 2.24) is 14.2 Å². The normalized spacial score (nSPS) is 16.5. The van der Waals surface area contributed by atoms with Crippen LogP contribution in [0.4, 0.5) is 0 Å². The lowest BCUT2D eigenvalue weighted by atomic mass is 10.1. The number of hydrogen-bond acceptors (Lipinski definition) is 4. The number of para-hydroxylation sites is 1. The molecule has 1 saturated heterocycles. The minimum atomic E-state index is -3.49. The van der Waals surface area contributed by atoms with E-state index in [0.717, 1.165) is 12.1 Å². The van der Waals surface area contributed by atoms with Crippen LogP contribution in [0.3, 0.4) is 0 Å². The zero-order valence-corrected chi connectivity index (χ0v) is 17.0. The van der Waals surface area contributed by atoms with E-state index in [4.69, 9.17) is 4.74 Å². The van der Waals surface area contributed by atoms with Crippen molar-refractivity contribution in [2.75, 3.05) is 33.3 Å². The predicted octanol–water partition coefficient (Wildman–Crippen LogP) is 2.99. The topological polar surface area (TPSA) is 65.6 Å². The van der Waals surface area contributed by atoms with Gasteiger partial charge in [0.15, 0.2) is 0 Å². The van der Waals surface area contributed by atoms with Crippen molar-refractivity contribution in [2.45, 2.75) is 18.4 Å². The summed E-state index contributed by atoms with van der Waals surface area (Å²) in [7, 11) is -1.91. The van der Waals surface area contributed by atoms with Gasteiger partial charge in [0.25, 0.3) is 0 Å². The third-order valence-corrected chi connectivity index (χ3v) is 7.46. The number of nitrogens with zero attached hydrogens (tertiary/aromatic N) is 2. The van der Waals surface area contributed by atoms with Crippen LogP contribution >= 0.6 is 0 Å². The van der Waals surface area contributed by atoms with E-state index in [9.17, 15) is 8.42 Å². The molecule has 0 radical (unpaired) electrons. The van der Waals surface area contributed by atoms with Crippen LogP contribution in [0.25, 0.3) is 10.9 Å². The summed E-state index contributed by atoms with van der Waals surface area (Å²) in [6.45, 7) is 5.05. The van der Waals surface area contributed by atoms with Gasteiger partial charge in [-0.05, 0) is 42.3 Å². The van der Waals surface area contributed by atoms with Crippen LogP contribution in [0.5, 0.6) is 5.75 Å². The molecule has 2 heterocycles. The molecule has 0 saturated carbocycles. The van der Waals surface area contributed by atoms with Crippen LogP contribution < -0.4 is 4.74 Å². The lowest BCUT2D eigenvalue weighted by Gasteiger charge is -2.34. The predicted molar refractivity (Wildman–Crippen MR) is 110 cm³/mol. The average Bonchev–Trinajstić information content (AvgIpc) is 3.11. The molecule has 4 rings (SSSR count). The first-order valence-electron chi connectivity index (χ1n) is 9.41. The Bertz CT molecular complexity index is 1080. The molecule has 1 fully saturated rings. The second-order valence-corrected chi connectivity index (χ2v) is 9.08. The number of methoxy groups -OCH3 is 1. The number of benzene rings is 2. The van der Waals surface area contributed by atoms with E-state index >= 15 is 0 Å². The molecule has 0 amide bonds. The Morgan fingerprint density at radius 2 is 1.82 bits per heavy atom. The highest BCUT2D eigenvalue weighted by atomic mass is 32.2. The fourth-order valence-corrected chi connectivity index (χ4v) is 5.44. The van der Waals surface area contributed by atoms with Crippen LogP contribution in [-0.2, 0) is 16.6 Å². The maximum atomic E-state index is 13.1. The molecule has 0 bridgehead atoms. The molecule has 7 heteroatoms. The molecule has 2 aromatic carbocycles. The molecule has 6 nitrogen and oxygen atoms in total. The van der Waals surface area contributed by atoms with Crippen molar-refractivity contribution in [3.8, 4) is 5.75 Å². The molecule has 1 N–H and O–H groups in total. The zero-order valence-electron chi connectivity index (χ0n) is 16.2. The Morgan fingerprint density at radius 3 is 2.54 bits per heavy atom. The van der Waals surface area contributed by atoms with E-state index in [0.29, 0.717) is 42.4 Å². The smallest absolute Gasteiger partial charge is 0.243 e. The van der Waals surface area contributed by atoms with Crippen LogP contribution in [-0.4, -0.2) is 55.9 Å². The van der Waals surface area contributed by atoms with Crippen molar-refractivity contribution in [3.05, 3.63) is 59.8 Å². The number of H-pyrrole nitrogens is 1. The number of sulfonamides is 1. The second-order valence-electron chi connectivity index (χ2n) is 7.17. The second kappa shape index (κ2) is 7.58. The van der Waals surface area contributed by atoms with Gasteiger partial charge in [-0.3, -0.25) is 4.90 Å². The lowest BCUT2D eigenvalue weighted by molar-refractivity contribution is 0.182. The number of hydrogen-bond donors (Lipinski definition) is 1. The summed E-state index contributed by atoms with van der Waals surface area (Å²) in [5.41, 5.74) is 3.09. The largest absolute Gasteiger partial charge is 0.497 e. The summed E-state index contributed by atoms with van der Waals surface area (Å²) < 4.78 is 32.9. The summed E-state index contributed by atoms with van der Waals surface area (Å²) in [6, 6.07) is 13.4. The van der Waals surface area contributed by atoms with E-state index in [2.05, 4.69) is 28.2 Å². The van der Waals surface area contributed by atoms with Gasteiger partial charge in [-0.25, -0.2) is 8.42 Å². The van der Waals surface area contributed by atoms with E-state index in [1.807, 2.05) is 19.1 Å². The van der Waals surface area contributed by atoms with Gasteiger partial charge < -0.3 is 9.72 Å². The highest BCUT2D eigenvalue weighted by Crippen LogP contribution is 2.26. The average molecular weight is 400 g/mol. The van der Waals surface area contributed by atoms with E-state index in [1.54, 1.807) is 29.6 Å². The van der Waals surface area contributed by atoms with Crippen molar-refractivity contribution in [1.29, 1.82) is 0 Å². The molecule has 0 spiro atoms. The van der Waals surface area contributed by atoms with Gasteiger partial charge in [-0.2, -0.15) is 4.31 Å². The Kier molecular flexibility index (Phi) is 5.14. The molecule has 1 aliphatic rings. The SMILES string of the molecule is COc1ccc(S(=O)(=O)N2CCN(Cc3c[nH]c4ccccc34)CC2)c(C)c1. The number of rotatable bonds is 5. The number of aromatic nitrogens is 1. The van der Waals surface area contributed by atoms with Crippen molar-refractivity contribution < 1.29 is 13.2 Å². The number of ether oxygens (including phenoxy) is 1. The number of aryl methyl sites for hydroxylation is 1. The molecule has 0 aliphatic carbocycles. The Balaban J connectivity index is 1.45. The van der Waals surface area contributed by atoms with Gasteiger partial charge in [-0.1, -0.05) is 18.2 Å². The van der Waals surface area contributed by atoms with E-state index in [1.165, 1.54) is 10.9 Å². The maximum Gasteiger partial charge on any atom is 0.243 e. The van der Waals surface area contributed by atoms with Crippen LogP contribution in [0.1, 0.15) is 11.1 Å². The van der Waals surface area contributed by atoms with E-state index < -0.39 is 10.0 Å². The van der Waals surface area contributed by atoms with Crippen LogP contribution in [0, 0.1) is 6.92 Å². The Hall–Kier alpha value is -2.35. The maximum absolute atomic E-state index is 13.1. The third-order valence-electron chi connectivity index (χ3n) is 5.40. The van der Waals surface area contributed by atoms with Gasteiger partial charge in [0, 0.05) is 49.8 Å². The fourth-order valence-electron chi connectivity index (χ4n) is 3.81. The molecule has 28 heavy (non-hydrogen) atoms. The molecular weight excluding hydrogens is 374 g/mol. The summed E-state index contributed by atoms with van der Waals surface area (Å²) in [5.74, 6) is 0.667. The molecule has 0 unspecified atom stereocenters. The van der Waals surface area contributed by atoms with Crippen molar-refractivity contribution in [2.24, 2.45) is 0 Å². The fraction of sp³-hybridized carbons (Fsp3) is 0.333. The highest BCUT2D eigenvalue weighted by molar-refractivity contribution is 7.89. The number of fused-ring (bicyclic) bond motifs is 1. The van der Waals surface area contributed by atoms with Gasteiger partial charge in [0.1, 0.15) is 5.75 Å². The monoisotopic (exact) mass is 399 g/mol. The third kappa shape index (κ3) is 3.53. The zero-order chi connectivity index (χ0) is 19.7. The lowest BCUT2D eigenvalue weighted by Crippen LogP contribution is -2.48. The van der Waals surface area contributed by atoms with Crippen molar-refractivity contribution in [3.63, 3.8) is 0 Å². The minimum absolute atomic E-state index is 0.360. The minimum Gasteiger partial charge on any atom is -0.497 e. The van der Waals surface area contributed by atoms with E-state index in [-0.39, 0.29) is 0 Å². The number of aromatic amines is 1. The summed E-state index contributed by atoms with van der Waals surface area (Å²) in [5, 5.41) is 1.23. The molecule has 1 aromatic heterocycles. The van der Waals surface area contributed by atoms with Crippen LogP contribution in [0.15, 0.2) is 53.6 Å². The molecule has 3 aromatic rings. The summed E-state index contributed by atoms with van der Waals surface area (Å²) in [6.07, 6.45) is 2.05. The van der Waals surface area contributed by atoms with Crippen LogP contribution in [0.2, 0.25) is 0 Å². The number of nitrogens with one attached hydrogen (secondary N) is 1. The highest BCUT2D eigenvalue weighted by Gasteiger charge is 2.29. The molecular formula is C21H25N3O3S. The number of piperazine rings is 1. The Labute approximate surface area is 165 Å². The van der Waals surface area contributed by atoms with Gasteiger partial charge >= 0.3 is 0 Å². The summed E-state index contributed by atoms with van der Waals surface area (Å²) in [4.78, 5) is 5.97. The van der Waals surface area contributed by atoms with Gasteiger partial charge in [-0.15, -0.1) is 0 Å². The first kappa shape index (κ1) is 19.0. The van der Waals surface area contributed by atoms with Gasteiger partial charge in [0.05, 0.1) is 12.0 Å². The quantitative estimate of drug-likeness (QED) is 0.716. The van der Waals surface area contributed by atoms with Gasteiger partial charge in [0.2, 0.25) is 10.0 Å². The first-order valence-corrected chi connectivity index (χ1v) is 10.8. The summed E-state index contributed by atoms with van der Waals surface area (Å²) >= 11 is 0. The molecule has 1 aliphatic heterocycles. The standard InChI is InChI=1S/C21H25N3O3S/c1-16-13-18(27-2)7-8-21(16)28(25,26)24-11-9-23(10-12-24)15-17-14-22-20-6-4-3-5-19(17)20/h3-8,13-14,22H,9-12,15H2,1-2H3. The Morgan fingerprint density at radius 1 is 1.07 bits per heavy atom. The molecule has 0 atom stereocenters. The van der Waals surface area contributed by atoms with Crippen molar-refractivity contribution >= 4 is 20.9 Å². The first-order chi connectivity index (χ1) is 13.5. The molecule has 148 valence electrons.